The van der Waals surface area contributed by atoms with Gasteiger partial charge in [0.15, 0.2) is 15.8 Å². The van der Waals surface area contributed by atoms with Gasteiger partial charge in [-0.3, -0.25) is 9.79 Å². The molecule has 29 heavy (non-hydrogen) atoms. The number of carbonyl (C=O) groups is 1. The lowest BCUT2D eigenvalue weighted by Gasteiger charge is -2.14. The van der Waals surface area contributed by atoms with E-state index in [1.54, 1.807) is 12.1 Å². The molecule has 0 aromatic heterocycles. The van der Waals surface area contributed by atoms with Crippen molar-refractivity contribution >= 4 is 51.4 Å². The highest BCUT2D eigenvalue weighted by atomic mass is 127. The highest BCUT2D eigenvalue weighted by Crippen LogP contribution is 2.14. The average Bonchev–Trinajstić information content (AvgIpc) is 2.63. The molecule has 0 unspecified atom stereocenters. The SMILES string of the molecule is CN=C(NCC(=O)Nc1ccccc1)NCc1cc(F)ccc1CS(C)(=O)=O.I. The van der Waals surface area contributed by atoms with Gasteiger partial charge in [0, 0.05) is 25.5 Å². The van der Waals surface area contributed by atoms with Crippen LogP contribution in [-0.4, -0.2) is 40.1 Å². The van der Waals surface area contributed by atoms with Crippen LogP contribution in [0.15, 0.2) is 53.5 Å². The Morgan fingerprint density at radius 2 is 1.76 bits per heavy atom. The molecule has 0 spiro atoms. The maximum atomic E-state index is 13.6. The van der Waals surface area contributed by atoms with Gasteiger partial charge in [-0.15, -0.1) is 24.0 Å². The number of nitrogens with zero attached hydrogens (tertiary/aromatic N) is 1. The summed E-state index contributed by atoms with van der Waals surface area (Å²) in [6.45, 7) is 0.135. The van der Waals surface area contributed by atoms with Crippen molar-refractivity contribution in [1.29, 1.82) is 0 Å². The molecule has 0 heterocycles. The lowest BCUT2D eigenvalue weighted by molar-refractivity contribution is -0.115. The summed E-state index contributed by atoms with van der Waals surface area (Å²) < 4.78 is 36.7. The smallest absolute Gasteiger partial charge is 0.243 e. The van der Waals surface area contributed by atoms with Gasteiger partial charge < -0.3 is 16.0 Å². The number of hydrogen-bond donors (Lipinski definition) is 3. The Kier molecular flexibility index (Phi) is 10.0. The van der Waals surface area contributed by atoms with E-state index in [4.69, 9.17) is 0 Å². The van der Waals surface area contributed by atoms with Crippen molar-refractivity contribution in [3.63, 3.8) is 0 Å². The second kappa shape index (κ2) is 11.7. The number of aliphatic imine (C=N–C) groups is 1. The topological polar surface area (TPSA) is 99.7 Å². The first-order valence-electron chi connectivity index (χ1n) is 8.51. The van der Waals surface area contributed by atoms with Crippen LogP contribution in [0.2, 0.25) is 0 Å². The van der Waals surface area contributed by atoms with Gasteiger partial charge in [0.1, 0.15) is 5.82 Å². The molecule has 0 saturated carbocycles. The van der Waals surface area contributed by atoms with Crippen LogP contribution in [0.3, 0.4) is 0 Å². The predicted octanol–water partition coefficient (Wildman–Crippen LogP) is 2.29. The van der Waals surface area contributed by atoms with E-state index in [0.29, 0.717) is 22.8 Å². The lowest BCUT2D eigenvalue weighted by atomic mass is 10.1. The quantitative estimate of drug-likeness (QED) is 0.288. The summed E-state index contributed by atoms with van der Waals surface area (Å²) >= 11 is 0. The second-order valence-corrected chi connectivity index (χ2v) is 8.32. The third-order valence-corrected chi connectivity index (χ3v) is 4.57. The van der Waals surface area contributed by atoms with Gasteiger partial charge in [-0.1, -0.05) is 24.3 Å². The van der Waals surface area contributed by atoms with Crippen LogP contribution < -0.4 is 16.0 Å². The van der Waals surface area contributed by atoms with Crippen LogP contribution in [0.1, 0.15) is 11.1 Å². The van der Waals surface area contributed by atoms with Gasteiger partial charge in [0.2, 0.25) is 5.91 Å². The van der Waals surface area contributed by atoms with Gasteiger partial charge >= 0.3 is 0 Å². The first kappa shape index (κ1) is 24.8. The zero-order chi connectivity index (χ0) is 20.6. The standard InChI is InChI=1S/C19H23FN4O3S.HI/c1-21-19(23-12-18(25)24-17-6-4-3-5-7-17)22-11-15-10-16(20)9-8-14(15)13-28(2,26)27;/h3-10H,11-13H2,1-2H3,(H,24,25)(H2,21,22,23);1H. The maximum absolute atomic E-state index is 13.6. The Morgan fingerprint density at radius 1 is 1.07 bits per heavy atom. The molecular weight excluding hydrogens is 510 g/mol. The number of halogens is 2. The number of benzene rings is 2. The zero-order valence-electron chi connectivity index (χ0n) is 16.1. The van der Waals surface area contributed by atoms with Crippen LogP contribution in [0, 0.1) is 5.82 Å². The van der Waals surface area contributed by atoms with Crippen molar-refractivity contribution < 1.29 is 17.6 Å². The number of guanidine groups is 1. The number of anilines is 1. The molecule has 0 bridgehead atoms. The van der Waals surface area contributed by atoms with E-state index in [0.717, 1.165) is 6.26 Å². The fraction of sp³-hybridized carbons (Fsp3) is 0.263. The van der Waals surface area contributed by atoms with Crippen molar-refractivity contribution in [2.24, 2.45) is 4.99 Å². The monoisotopic (exact) mass is 534 g/mol. The van der Waals surface area contributed by atoms with Crippen molar-refractivity contribution in [2.45, 2.75) is 12.3 Å². The molecule has 3 N–H and O–H groups in total. The van der Waals surface area contributed by atoms with Gasteiger partial charge in [-0.05, 0) is 35.4 Å². The van der Waals surface area contributed by atoms with Gasteiger partial charge in [-0.25, -0.2) is 12.8 Å². The Morgan fingerprint density at radius 3 is 2.38 bits per heavy atom. The van der Waals surface area contributed by atoms with Crippen LogP contribution >= 0.6 is 24.0 Å². The Labute approximate surface area is 187 Å². The van der Waals surface area contributed by atoms with Crippen molar-refractivity contribution in [2.75, 3.05) is 25.2 Å². The Hall–Kier alpha value is -2.21. The van der Waals surface area contributed by atoms with Crippen LogP contribution in [0.5, 0.6) is 0 Å². The molecular formula is C19H24FIN4O3S. The van der Waals surface area contributed by atoms with E-state index in [9.17, 15) is 17.6 Å². The molecule has 2 aromatic rings. The van der Waals surface area contributed by atoms with Crippen molar-refractivity contribution in [3.8, 4) is 0 Å². The van der Waals surface area contributed by atoms with Crippen molar-refractivity contribution in [3.05, 3.63) is 65.5 Å². The number of rotatable bonds is 7. The van der Waals surface area contributed by atoms with Gasteiger partial charge in [0.25, 0.3) is 0 Å². The van der Waals surface area contributed by atoms with Gasteiger partial charge in [-0.2, -0.15) is 0 Å². The van der Waals surface area contributed by atoms with Gasteiger partial charge in [0.05, 0.1) is 12.3 Å². The fourth-order valence-electron chi connectivity index (χ4n) is 2.47. The van der Waals surface area contributed by atoms with Crippen LogP contribution in [0.25, 0.3) is 0 Å². The van der Waals surface area contributed by atoms with Crippen LogP contribution in [0.4, 0.5) is 10.1 Å². The summed E-state index contributed by atoms with van der Waals surface area (Å²) in [7, 11) is -1.72. The minimum absolute atomic E-state index is 0. The van der Waals surface area contributed by atoms with E-state index in [-0.39, 0.29) is 48.7 Å². The zero-order valence-corrected chi connectivity index (χ0v) is 19.3. The third kappa shape index (κ3) is 9.22. The number of carbonyl (C=O) groups excluding carboxylic acids is 1. The highest BCUT2D eigenvalue weighted by Gasteiger charge is 2.11. The van der Waals surface area contributed by atoms with E-state index in [1.807, 2.05) is 18.2 Å². The first-order chi connectivity index (χ1) is 13.3. The molecule has 1 amide bonds. The molecule has 0 atom stereocenters. The molecule has 0 aliphatic rings. The number of hydrogen-bond acceptors (Lipinski definition) is 4. The Balaban J connectivity index is 0.00000420. The number of para-hydroxylation sites is 1. The summed E-state index contributed by atoms with van der Waals surface area (Å²) in [6.07, 6.45) is 1.12. The predicted molar refractivity (Wildman–Crippen MR) is 124 cm³/mol. The highest BCUT2D eigenvalue weighted by molar-refractivity contribution is 14.0. The summed E-state index contributed by atoms with van der Waals surface area (Å²) in [5.74, 6) is -0.565. The lowest BCUT2D eigenvalue weighted by Crippen LogP contribution is -2.41. The molecule has 10 heteroatoms. The maximum Gasteiger partial charge on any atom is 0.243 e. The van der Waals surface area contributed by atoms with Crippen molar-refractivity contribution in [1.82, 2.24) is 10.6 Å². The number of amides is 1. The average molecular weight is 534 g/mol. The summed E-state index contributed by atoms with van der Waals surface area (Å²) in [5.41, 5.74) is 1.69. The second-order valence-electron chi connectivity index (χ2n) is 6.18. The molecule has 0 fully saturated rings. The number of nitrogens with one attached hydrogen (secondary N) is 3. The molecule has 0 aliphatic carbocycles. The van der Waals surface area contributed by atoms with E-state index >= 15 is 0 Å². The molecule has 2 rings (SSSR count). The molecule has 2 aromatic carbocycles. The first-order valence-corrected chi connectivity index (χ1v) is 10.6. The number of sulfone groups is 1. The molecule has 7 nitrogen and oxygen atoms in total. The largest absolute Gasteiger partial charge is 0.352 e. The molecule has 158 valence electrons. The molecule has 0 saturated heterocycles. The minimum atomic E-state index is -3.26. The van der Waals surface area contributed by atoms with Crippen LogP contribution in [-0.2, 0) is 26.9 Å². The summed E-state index contributed by atoms with van der Waals surface area (Å²) in [6, 6.07) is 13.0. The summed E-state index contributed by atoms with van der Waals surface area (Å²) in [4.78, 5) is 16.0. The molecule has 0 aliphatic heterocycles. The fourth-order valence-corrected chi connectivity index (χ4v) is 3.32. The third-order valence-electron chi connectivity index (χ3n) is 3.73. The van der Waals surface area contributed by atoms with E-state index in [2.05, 4.69) is 20.9 Å². The Bertz CT molecular complexity index is 953. The van der Waals surface area contributed by atoms with E-state index in [1.165, 1.54) is 25.2 Å². The summed E-state index contributed by atoms with van der Waals surface area (Å²) in [5, 5.41) is 8.55. The normalized spacial score (nSPS) is 11.3. The minimum Gasteiger partial charge on any atom is -0.352 e. The molecule has 0 radical (unpaired) electrons. The van der Waals surface area contributed by atoms with E-state index < -0.39 is 15.7 Å².